The number of nitrogens with zero attached hydrogens (tertiary/aromatic N) is 3. The molecule has 154 valence electrons. The number of amides is 1. The van der Waals surface area contributed by atoms with E-state index < -0.39 is 0 Å². The molecule has 1 atom stereocenters. The normalized spacial score (nSPS) is 21.3. The van der Waals surface area contributed by atoms with E-state index in [4.69, 9.17) is 9.72 Å². The highest BCUT2D eigenvalue weighted by Crippen LogP contribution is 2.25. The molecule has 0 spiro atoms. The third-order valence-electron chi connectivity index (χ3n) is 5.87. The van der Waals surface area contributed by atoms with E-state index in [1.165, 1.54) is 12.1 Å². The zero-order valence-electron chi connectivity index (χ0n) is 16.9. The zero-order chi connectivity index (χ0) is 20.2. The van der Waals surface area contributed by atoms with Crippen molar-refractivity contribution in [1.29, 1.82) is 0 Å². The summed E-state index contributed by atoms with van der Waals surface area (Å²) in [5.74, 6) is 0.641. The molecule has 0 aliphatic carbocycles. The first-order chi connectivity index (χ1) is 14.1. The molecular formula is C23H28FN3O2. The number of hydrogen-bond acceptors (Lipinski definition) is 4. The summed E-state index contributed by atoms with van der Waals surface area (Å²) in [7, 11) is 0. The van der Waals surface area contributed by atoms with Crippen molar-refractivity contribution in [3.05, 3.63) is 54.0 Å². The van der Waals surface area contributed by atoms with E-state index in [-0.39, 0.29) is 17.8 Å². The molecular weight excluding hydrogens is 369 g/mol. The smallest absolute Gasteiger partial charge is 0.236 e. The molecule has 2 aromatic rings. The van der Waals surface area contributed by atoms with Crippen molar-refractivity contribution < 1.29 is 13.9 Å². The fourth-order valence-corrected chi connectivity index (χ4v) is 4.01. The Morgan fingerprint density at radius 2 is 1.97 bits per heavy atom. The molecule has 2 aliphatic rings. The van der Waals surface area contributed by atoms with Gasteiger partial charge in [0, 0.05) is 31.7 Å². The molecule has 1 aromatic carbocycles. The van der Waals surface area contributed by atoms with Gasteiger partial charge in [-0.3, -0.25) is 14.7 Å². The van der Waals surface area contributed by atoms with Crippen molar-refractivity contribution in [2.24, 2.45) is 5.92 Å². The topological polar surface area (TPSA) is 45.7 Å². The molecule has 1 aromatic heterocycles. The van der Waals surface area contributed by atoms with Gasteiger partial charge in [0.1, 0.15) is 11.9 Å². The summed E-state index contributed by atoms with van der Waals surface area (Å²) in [6.45, 7) is 6.36. The van der Waals surface area contributed by atoms with Gasteiger partial charge in [-0.2, -0.15) is 0 Å². The van der Waals surface area contributed by atoms with Crippen LogP contribution in [0.5, 0.6) is 0 Å². The Kier molecular flexibility index (Phi) is 6.21. The molecule has 0 bridgehead atoms. The van der Waals surface area contributed by atoms with Gasteiger partial charge in [-0.05, 0) is 43.0 Å². The van der Waals surface area contributed by atoms with Crippen LogP contribution < -0.4 is 0 Å². The summed E-state index contributed by atoms with van der Waals surface area (Å²) < 4.78 is 19.5. The van der Waals surface area contributed by atoms with Gasteiger partial charge in [0.2, 0.25) is 5.91 Å². The highest BCUT2D eigenvalue weighted by molar-refractivity contribution is 5.78. The molecule has 2 saturated heterocycles. The number of pyridine rings is 1. The second kappa shape index (κ2) is 9.01. The maximum atomic E-state index is 13.6. The van der Waals surface area contributed by atoms with E-state index in [2.05, 4.69) is 11.8 Å². The van der Waals surface area contributed by atoms with Crippen molar-refractivity contribution in [1.82, 2.24) is 14.8 Å². The van der Waals surface area contributed by atoms with Gasteiger partial charge in [-0.1, -0.05) is 25.1 Å². The minimum Gasteiger partial charge on any atom is -0.369 e. The average Bonchev–Trinajstić information content (AvgIpc) is 2.74. The number of carbonyl (C=O) groups is 1. The maximum Gasteiger partial charge on any atom is 0.236 e. The van der Waals surface area contributed by atoms with Crippen LogP contribution >= 0.6 is 0 Å². The third-order valence-corrected chi connectivity index (χ3v) is 5.87. The lowest BCUT2D eigenvalue weighted by Crippen LogP contribution is -2.47. The van der Waals surface area contributed by atoms with Crippen LogP contribution in [0.1, 0.15) is 31.6 Å². The van der Waals surface area contributed by atoms with Gasteiger partial charge in [-0.15, -0.1) is 0 Å². The number of carbonyl (C=O) groups excluding carboxylic acids is 1. The van der Waals surface area contributed by atoms with Crippen molar-refractivity contribution in [2.45, 2.75) is 25.9 Å². The van der Waals surface area contributed by atoms with Gasteiger partial charge >= 0.3 is 0 Å². The molecule has 29 heavy (non-hydrogen) atoms. The molecule has 5 nitrogen and oxygen atoms in total. The number of halogens is 1. The van der Waals surface area contributed by atoms with E-state index >= 15 is 0 Å². The van der Waals surface area contributed by atoms with Crippen LogP contribution in [0.15, 0.2) is 42.5 Å². The van der Waals surface area contributed by atoms with Crippen molar-refractivity contribution in [3.8, 4) is 11.3 Å². The predicted molar refractivity (Wildman–Crippen MR) is 110 cm³/mol. The minimum absolute atomic E-state index is 0.188. The highest BCUT2D eigenvalue weighted by Gasteiger charge is 2.27. The first-order valence-electron chi connectivity index (χ1n) is 10.4. The van der Waals surface area contributed by atoms with Crippen molar-refractivity contribution in [2.75, 3.05) is 39.3 Å². The second-order valence-electron chi connectivity index (χ2n) is 8.12. The number of benzene rings is 1. The van der Waals surface area contributed by atoms with Crippen molar-refractivity contribution >= 4 is 5.91 Å². The largest absolute Gasteiger partial charge is 0.369 e. The Hall–Kier alpha value is -2.31. The summed E-state index contributed by atoms with van der Waals surface area (Å²) in [5.41, 5.74) is 2.28. The van der Waals surface area contributed by atoms with Crippen LogP contribution in [-0.2, 0) is 9.53 Å². The maximum absolute atomic E-state index is 13.6. The molecule has 0 saturated carbocycles. The molecule has 1 unspecified atom stereocenters. The van der Waals surface area contributed by atoms with E-state index in [1.54, 1.807) is 6.07 Å². The quantitative estimate of drug-likeness (QED) is 0.792. The molecule has 3 heterocycles. The SMILES string of the molecule is CC1CCN(C(=O)CN2CCOC(c3cccc(-c4cccc(F)c4)n3)C2)CC1. The lowest BCUT2D eigenvalue weighted by Gasteiger charge is -2.35. The second-order valence-corrected chi connectivity index (χ2v) is 8.12. The van der Waals surface area contributed by atoms with E-state index in [1.807, 2.05) is 29.2 Å². The van der Waals surface area contributed by atoms with Crippen LogP contribution in [0, 0.1) is 11.7 Å². The number of hydrogen-bond donors (Lipinski definition) is 0. The number of piperidine rings is 1. The Morgan fingerprint density at radius 1 is 1.17 bits per heavy atom. The van der Waals surface area contributed by atoms with Gasteiger partial charge in [0.05, 0.1) is 24.5 Å². The van der Waals surface area contributed by atoms with E-state index in [0.29, 0.717) is 25.6 Å². The minimum atomic E-state index is -0.277. The number of aromatic nitrogens is 1. The summed E-state index contributed by atoms with van der Waals surface area (Å²) >= 11 is 0. The standard InChI is InChI=1S/C23H28FN3O2/c1-17-8-10-27(11-9-17)23(28)16-26-12-13-29-22(15-26)21-7-3-6-20(25-21)18-4-2-5-19(24)14-18/h2-7,14,17,22H,8-13,15-16H2,1H3. The Bertz CT molecular complexity index is 852. The van der Waals surface area contributed by atoms with Gasteiger partial charge < -0.3 is 9.64 Å². The Labute approximate surface area is 171 Å². The molecule has 4 rings (SSSR count). The molecule has 0 radical (unpaired) electrons. The third kappa shape index (κ3) is 5.00. The Balaban J connectivity index is 1.41. The lowest BCUT2D eigenvalue weighted by atomic mass is 9.99. The fraction of sp³-hybridized carbons (Fsp3) is 0.478. The summed E-state index contributed by atoms with van der Waals surface area (Å²) in [6, 6.07) is 12.2. The monoisotopic (exact) mass is 397 g/mol. The van der Waals surface area contributed by atoms with Crippen molar-refractivity contribution in [3.63, 3.8) is 0 Å². The summed E-state index contributed by atoms with van der Waals surface area (Å²) in [6.07, 6.45) is 1.99. The van der Waals surface area contributed by atoms with Crippen LogP contribution in [0.25, 0.3) is 11.3 Å². The molecule has 1 amide bonds. The van der Waals surface area contributed by atoms with Crippen LogP contribution in [-0.4, -0.2) is 60.0 Å². The fourth-order valence-electron chi connectivity index (χ4n) is 4.01. The first kappa shape index (κ1) is 20.0. The molecule has 0 N–H and O–H groups in total. The first-order valence-corrected chi connectivity index (χ1v) is 10.4. The van der Waals surface area contributed by atoms with Crippen LogP contribution in [0.2, 0.25) is 0 Å². The zero-order valence-corrected chi connectivity index (χ0v) is 16.9. The number of rotatable bonds is 4. The van der Waals surface area contributed by atoms with Gasteiger partial charge in [0.15, 0.2) is 0 Å². The summed E-state index contributed by atoms with van der Waals surface area (Å²) in [5, 5.41) is 0. The van der Waals surface area contributed by atoms with Crippen LogP contribution in [0.3, 0.4) is 0 Å². The Morgan fingerprint density at radius 3 is 2.76 bits per heavy atom. The highest BCUT2D eigenvalue weighted by atomic mass is 19.1. The molecule has 2 aliphatic heterocycles. The van der Waals surface area contributed by atoms with Gasteiger partial charge in [0.25, 0.3) is 0 Å². The predicted octanol–water partition coefficient (Wildman–Crippen LogP) is 3.52. The number of likely N-dealkylation sites (tertiary alicyclic amines) is 1. The van der Waals surface area contributed by atoms with E-state index in [0.717, 1.165) is 49.4 Å². The van der Waals surface area contributed by atoms with Crippen LogP contribution in [0.4, 0.5) is 4.39 Å². The van der Waals surface area contributed by atoms with Gasteiger partial charge in [-0.25, -0.2) is 4.39 Å². The molecule has 6 heteroatoms. The molecule has 2 fully saturated rings. The summed E-state index contributed by atoms with van der Waals surface area (Å²) in [4.78, 5) is 21.5. The average molecular weight is 397 g/mol. The number of ether oxygens (including phenoxy) is 1. The number of morpholine rings is 1. The lowest BCUT2D eigenvalue weighted by molar-refractivity contribution is -0.135. The van der Waals surface area contributed by atoms with E-state index in [9.17, 15) is 9.18 Å².